The molecule has 0 saturated heterocycles. The number of carbonyl (C=O) groups excluding carboxylic acids is 1. The van der Waals surface area contributed by atoms with E-state index >= 15 is 0 Å². The maximum Gasteiger partial charge on any atom is 0.257 e. The molecule has 2 heterocycles. The Labute approximate surface area is 180 Å². The summed E-state index contributed by atoms with van der Waals surface area (Å²) in [4.78, 5) is 22.6. The van der Waals surface area contributed by atoms with Crippen LogP contribution in [-0.4, -0.2) is 20.4 Å². The first-order valence-electron chi connectivity index (χ1n) is 10.2. The van der Waals surface area contributed by atoms with Crippen molar-refractivity contribution in [3.05, 3.63) is 64.7 Å². The summed E-state index contributed by atoms with van der Waals surface area (Å²) in [6.07, 6.45) is 3.14. The lowest BCUT2D eigenvalue weighted by Crippen LogP contribution is -2.24. The van der Waals surface area contributed by atoms with Crippen molar-refractivity contribution in [2.75, 3.05) is 5.73 Å². The molecule has 4 rings (SSSR count). The highest BCUT2D eigenvalue weighted by molar-refractivity contribution is 6.30. The highest BCUT2D eigenvalue weighted by Gasteiger charge is 2.23. The van der Waals surface area contributed by atoms with Crippen molar-refractivity contribution in [1.29, 1.82) is 0 Å². The Morgan fingerprint density at radius 2 is 1.77 bits per heavy atom. The third-order valence-electron chi connectivity index (χ3n) is 5.17. The Bertz CT molecular complexity index is 1200. The number of nitrogens with two attached hydrogens (primary N) is 1. The zero-order chi connectivity index (χ0) is 21.1. The molecule has 0 saturated carbocycles. The van der Waals surface area contributed by atoms with E-state index < -0.39 is 0 Å². The Balaban J connectivity index is 1.73. The minimum atomic E-state index is -0.258. The van der Waals surface area contributed by atoms with Gasteiger partial charge in [-0.05, 0) is 36.2 Å². The lowest BCUT2D eigenvalue weighted by molar-refractivity contribution is 0.0953. The van der Waals surface area contributed by atoms with Crippen LogP contribution in [0, 0.1) is 0 Å². The van der Waals surface area contributed by atoms with Gasteiger partial charge >= 0.3 is 0 Å². The average molecular weight is 422 g/mol. The number of unbranched alkanes of at least 4 members (excludes halogenated alkanes) is 2. The SMILES string of the molecule is CCCCCn1c(N)c(C(=O)NCc2ccc(Cl)cc2)c2nc3ccccc3nc21. The molecular weight excluding hydrogens is 398 g/mol. The van der Waals surface area contributed by atoms with Crippen LogP contribution in [0.3, 0.4) is 0 Å². The van der Waals surface area contributed by atoms with Crippen LogP contribution in [-0.2, 0) is 13.1 Å². The third-order valence-corrected chi connectivity index (χ3v) is 5.42. The van der Waals surface area contributed by atoms with Gasteiger partial charge in [0.15, 0.2) is 5.65 Å². The number of halogens is 1. The normalized spacial score (nSPS) is 11.3. The zero-order valence-electron chi connectivity index (χ0n) is 16.9. The van der Waals surface area contributed by atoms with E-state index in [1.165, 1.54) is 0 Å². The number of amides is 1. The van der Waals surface area contributed by atoms with E-state index in [1.807, 2.05) is 41.0 Å². The van der Waals surface area contributed by atoms with Crippen LogP contribution in [0.15, 0.2) is 48.5 Å². The van der Waals surface area contributed by atoms with Crippen molar-refractivity contribution < 1.29 is 4.79 Å². The second kappa shape index (κ2) is 8.71. The molecule has 0 radical (unpaired) electrons. The highest BCUT2D eigenvalue weighted by Crippen LogP contribution is 2.28. The summed E-state index contributed by atoms with van der Waals surface area (Å²) < 4.78 is 1.92. The lowest BCUT2D eigenvalue weighted by atomic mass is 10.2. The van der Waals surface area contributed by atoms with Crippen LogP contribution in [0.4, 0.5) is 5.82 Å². The number of hydrogen-bond donors (Lipinski definition) is 2. The Morgan fingerprint density at radius 3 is 2.47 bits per heavy atom. The van der Waals surface area contributed by atoms with Crippen LogP contribution in [0.1, 0.15) is 42.1 Å². The molecule has 0 fully saturated rings. The Kier molecular flexibility index (Phi) is 5.86. The van der Waals surface area contributed by atoms with Gasteiger partial charge in [-0.25, -0.2) is 9.97 Å². The van der Waals surface area contributed by atoms with E-state index in [0.29, 0.717) is 40.7 Å². The summed E-state index contributed by atoms with van der Waals surface area (Å²) in [7, 11) is 0. The number of nitrogens with one attached hydrogen (secondary N) is 1. The second-order valence-corrected chi connectivity index (χ2v) is 7.75. The van der Waals surface area contributed by atoms with Gasteiger partial charge in [0.25, 0.3) is 5.91 Å². The monoisotopic (exact) mass is 421 g/mol. The molecule has 0 spiro atoms. The quantitative estimate of drug-likeness (QED) is 0.414. The van der Waals surface area contributed by atoms with E-state index in [4.69, 9.17) is 27.3 Å². The smallest absolute Gasteiger partial charge is 0.257 e. The summed E-state index contributed by atoms with van der Waals surface area (Å²) in [5.74, 6) is 0.149. The van der Waals surface area contributed by atoms with Gasteiger partial charge in [-0.1, -0.05) is 55.6 Å². The van der Waals surface area contributed by atoms with Crippen molar-refractivity contribution in [1.82, 2.24) is 19.9 Å². The van der Waals surface area contributed by atoms with Gasteiger partial charge in [0.1, 0.15) is 16.9 Å². The van der Waals surface area contributed by atoms with Crippen LogP contribution in [0.5, 0.6) is 0 Å². The molecule has 0 unspecified atom stereocenters. The fourth-order valence-corrected chi connectivity index (χ4v) is 3.69. The standard InChI is InChI=1S/C23H24ClN5O/c1-2-3-6-13-29-21(25)19(23(30)26-14-15-9-11-16(24)12-10-15)20-22(29)28-18-8-5-4-7-17(18)27-20/h4-5,7-12H,2-3,6,13-14,25H2,1H3,(H,26,30). The molecule has 3 N–H and O–H groups in total. The lowest BCUT2D eigenvalue weighted by Gasteiger charge is -2.08. The Morgan fingerprint density at radius 1 is 1.07 bits per heavy atom. The van der Waals surface area contributed by atoms with E-state index in [1.54, 1.807) is 12.1 Å². The molecule has 0 aliphatic carbocycles. The largest absolute Gasteiger partial charge is 0.384 e. The fourth-order valence-electron chi connectivity index (χ4n) is 3.56. The molecular formula is C23H24ClN5O. The highest BCUT2D eigenvalue weighted by atomic mass is 35.5. The van der Waals surface area contributed by atoms with Gasteiger partial charge in [-0.2, -0.15) is 0 Å². The number of hydrogen-bond acceptors (Lipinski definition) is 4. The van der Waals surface area contributed by atoms with Crippen molar-refractivity contribution in [2.45, 2.75) is 39.3 Å². The number of aryl methyl sites for hydroxylation is 1. The first-order chi connectivity index (χ1) is 14.6. The van der Waals surface area contributed by atoms with Crippen LogP contribution in [0.2, 0.25) is 5.02 Å². The maximum absolute atomic E-state index is 13.1. The fraction of sp³-hybridized carbons (Fsp3) is 0.261. The summed E-state index contributed by atoms with van der Waals surface area (Å²) in [5.41, 5.74) is 10.5. The van der Waals surface area contributed by atoms with Crippen molar-refractivity contribution in [2.24, 2.45) is 0 Å². The number of fused-ring (bicyclic) bond motifs is 2. The summed E-state index contributed by atoms with van der Waals surface area (Å²) in [5, 5.41) is 3.61. The summed E-state index contributed by atoms with van der Waals surface area (Å²) in [6.45, 7) is 3.23. The molecule has 2 aromatic heterocycles. The van der Waals surface area contributed by atoms with E-state index in [9.17, 15) is 4.79 Å². The molecule has 30 heavy (non-hydrogen) atoms. The number of nitrogens with zero attached hydrogens (tertiary/aromatic N) is 3. The number of benzene rings is 2. The van der Waals surface area contributed by atoms with E-state index in [2.05, 4.69) is 12.2 Å². The minimum Gasteiger partial charge on any atom is -0.384 e. The molecule has 0 aliphatic heterocycles. The van der Waals surface area contributed by atoms with Crippen LogP contribution >= 0.6 is 11.6 Å². The van der Waals surface area contributed by atoms with Crippen LogP contribution in [0.25, 0.3) is 22.2 Å². The molecule has 0 atom stereocenters. The number of aromatic nitrogens is 3. The molecule has 0 bridgehead atoms. The number of para-hydroxylation sites is 2. The predicted molar refractivity (Wildman–Crippen MR) is 122 cm³/mol. The molecule has 4 aromatic rings. The molecule has 154 valence electrons. The molecule has 0 aliphatic rings. The van der Waals surface area contributed by atoms with Crippen molar-refractivity contribution in [3.8, 4) is 0 Å². The minimum absolute atomic E-state index is 0.258. The first kappa shape index (κ1) is 20.2. The van der Waals surface area contributed by atoms with Crippen molar-refractivity contribution >= 4 is 45.5 Å². The molecule has 1 amide bonds. The first-order valence-corrected chi connectivity index (χ1v) is 10.5. The predicted octanol–water partition coefficient (Wildman–Crippen LogP) is 4.94. The zero-order valence-corrected chi connectivity index (χ0v) is 17.6. The number of rotatable bonds is 7. The molecule has 7 heteroatoms. The van der Waals surface area contributed by atoms with Gasteiger partial charge in [-0.15, -0.1) is 0 Å². The number of nitrogen functional groups attached to an aromatic ring is 1. The molecule has 2 aromatic carbocycles. The number of carbonyl (C=O) groups is 1. The molecule has 6 nitrogen and oxygen atoms in total. The van der Waals surface area contributed by atoms with Gasteiger partial charge in [0, 0.05) is 18.1 Å². The van der Waals surface area contributed by atoms with Gasteiger partial charge in [0.2, 0.25) is 0 Å². The third kappa shape index (κ3) is 3.96. The Hall–Kier alpha value is -3.12. The van der Waals surface area contributed by atoms with E-state index in [-0.39, 0.29) is 5.91 Å². The topological polar surface area (TPSA) is 85.8 Å². The van der Waals surface area contributed by atoms with Gasteiger partial charge < -0.3 is 15.6 Å². The van der Waals surface area contributed by atoms with Gasteiger partial charge in [0.05, 0.1) is 11.0 Å². The average Bonchev–Trinajstić information content (AvgIpc) is 3.02. The van der Waals surface area contributed by atoms with E-state index in [0.717, 1.165) is 35.9 Å². The van der Waals surface area contributed by atoms with Gasteiger partial charge in [-0.3, -0.25) is 4.79 Å². The number of anilines is 1. The van der Waals surface area contributed by atoms with Crippen LogP contribution < -0.4 is 11.1 Å². The maximum atomic E-state index is 13.1. The second-order valence-electron chi connectivity index (χ2n) is 7.31. The summed E-state index contributed by atoms with van der Waals surface area (Å²) in [6, 6.07) is 15.0. The van der Waals surface area contributed by atoms with Crippen molar-refractivity contribution in [3.63, 3.8) is 0 Å². The summed E-state index contributed by atoms with van der Waals surface area (Å²) >= 11 is 5.94.